The lowest BCUT2D eigenvalue weighted by Gasteiger charge is -2.23. The van der Waals surface area contributed by atoms with Crippen molar-refractivity contribution in [1.29, 1.82) is 0 Å². The first-order valence-corrected chi connectivity index (χ1v) is 11.7. The van der Waals surface area contributed by atoms with Crippen molar-refractivity contribution in [2.24, 2.45) is 0 Å². The maximum atomic E-state index is 12.3. The van der Waals surface area contributed by atoms with E-state index in [9.17, 15) is 14.4 Å². The van der Waals surface area contributed by atoms with Gasteiger partial charge >= 0.3 is 6.03 Å². The summed E-state index contributed by atoms with van der Waals surface area (Å²) in [5.74, 6) is 0.276. The highest BCUT2D eigenvalue weighted by molar-refractivity contribution is 7.99. The van der Waals surface area contributed by atoms with E-state index in [0.29, 0.717) is 29.0 Å². The average Bonchev–Trinajstić information content (AvgIpc) is 3.41. The fraction of sp³-hybridized carbons (Fsp3) is 0.450. The van der Waals surface area contributed by atoms with E-state index in [1.54, 1.807) is 12.1 Å². The van der Waals surface area contributed by atoms with Gasteiger partial charge in [0.05, 0.1) is 11.9 Å². The summed E-state index contributed by atoms with van der Waals surface area (Å²) in [6, 6.07) is 6.21. The summed E-state index contributed by atoms with van der Waals surface area (Å²) < 4.78 is 7.34. The number of aromatic nitrogens is 3. The van der Waals surface area contributed by atoms with Gasteiger partial charge in [-0.2, -0.15) is 0 Å². The van der Waals surface area contributed by atoms with Gasteiger partial charge in [-0.15, -0.1) is 10.2 Å². The summed E-state index contributed by atoms with van der Waals surface area (Å²) in [5, 5.41) is 17.5. The highest BCUT2D eigenvalue weighted by Gasteiger charge is 2.27. The zero-order chi connectivity index (χ0) is 22.5. The Balaban J connectivity index is 1.47. The van der Waals surface area contributed by atoms with E-state index in [2.05, 4.69) is 26.1 Å². The summed E-state index contributed by atoms with van der Waals surface area (Å²) in [6.07, 6.45) is 2.51. The normalized spacial score (nSPS) is 20.7. The van der Waals surface area contributed by atoms with Crippen molar-refractivity contribution in [2.45, 2.75) is 43.0 Å². The minimum atomic E-state index is -0.527. The molecule has 0 spiro atoms. The number of halogens is 1. The molecule has 2 aliphatic heterocycles. The van der Waals surface area contributed by atoms with Crippen LogP contribution >= 0.6 is 23.4 Å². The molecule has 4 rings (SSSR count). The van der Waals surface area contributed by atoms with Crippen LogP contribution in [-0.2, 0) is 20.7 Å². The van der Waals surface area contributed by atoms with Crippen molar-refractivity contribution in [2.75, 3.05) is 18.9 Å². The molecular weight excluding hydrogens is 456 g/mol. The number of carbonyl (C=O) groups excluding carboxylic acids is 3. The molecular formula is C20H23ClN6O4S. The second kappa shape index (κ2) is 10.3. The number of imide groups is 1. The number of benzene rings is 1. The van der Waals surface area contributed by atoms with Crippen molar-refractivity contribution in [3.63, 3.8) is 0 Å². The number of nitrogens with zero attached hydrogens (tertiary/aromatic N) is 3. The highest BCUT2D eigenvalue weighted by atomic mass is 35.5. The zero-order valence-electron chi connectivity index (χ0n) is 17.2. The zero-order valence-corrected chi connectivity index (χ0v) is 18.7. The topological polar surface area (TPSA) is 127 Å². The number of amides is 4. The van der Waals surface area contributed by atoms with Crippen molar-refractivity contribution >= 4 is 41.2 Å². The van der Waals surface area contributed by atoms with Gasteiger partial charge < -0.3 is 15.4 Å². The van der Waals surface area contributed by atoms with Gasteiger partial charge in [0.25, 0.3) is 0 Å². The largest absolute Gasteiger partial charge is 0.376 e. The maximum absolute atomic E-state index is 12.3. The van der Waals surface area contributed by atoms with E-state index in [1.165, 1.54) is 11.8 Å². The molecule has 2 aliphatic rings. The first-order chi connectivity index (χ1) is 15.5. The lowest BCUT2D eigenvalue weighted by molar-refractivity contribution is -0.121. The molecule has 2 atom stereocenters. The summed E-state index contributed by atoms with van der Waals surface area (Å²) in [5.41, 5.74) is 0.767. The molecule has 2 aromatic rings. The van der Waals surface area contributed by atoms with E-state index >= 15 is 0 Å². The third kappa shape index (κ3) is 5.78. The minimum Gasteiger partial charge on any atom is -0.376 e. The molecule has 170 valence electrons. The van der Waals surface area contributed by atoms with E-state index in [-0.39, 0.29) is 30.1 Å². The Kier molecular flexibility index (Phi) is 7.28. The number of carbonyl (C=O) groups is 3. The Morgan fingerprint density at radius 3 is 2.81 bits per heavy atom. The van der Waals surface area contributed by atoms with Crippen LogP contribution in [0.1, 0.15) is 25.1 Å². The Hall–Kier alpha value is -2.63. The third-order valence-electron chi connectivity index (χ3n) is 5.12. The van der Waals surface area contributed by atoms with Crippen LogP contribution in [0.3, 0.4) is 0 Å². The maximum Gasteiger partial charge on any atom is 0.321 e. The molecule has 0 aliphatic carbocycles. The molecule has 2 unspecified atom stereocenters. The van der Waals surface area contributed by atoms with Crippen molar-refractivity contribution in [1.82, 2.24) is 30.7 Å². The number of nitrogens with one attached hydrogen (secondary N) is 3. The summed E-state index contributed by atoms with van der Waals surface area (Å²) >= 11 is 7.29. The highest BCUT2D eigenvalue weighted by Crippen LogP contribution is 2.24. The number of hydrogen-bond acceptors (Lipinski definition) is 7. The van der Waals surface area contributed by atoms with Crippen LogP contribution in [0.2, 0.25) is 5.02 Å². The van der Waals surface area contributed by atoms with E-state index < -0.39 is 12.1 Å². The van der Waals surface area contributed by atoms with Crippen LogP contribution in [0, 0.1) is 0 Å². The quantitative estimate of drug-likeness (QED) is 0.490. The van der Waals surface area contributed by atoms with Crippen LogP contribution in [0.15, 0.2) is 29.4 Å². The number of ether oxygens (including phenoxy) is 1. The third-order valence-corrected chi connectivity index (χ3v) is 6.30. The van der Waals surface area contributed by atoms with E-state index in [4.69, 9.17) is 16.3 Å². The second-order valence-corrected chi connectivity index (χ2v) is 8.94. The molecule has 1 aromatic carbocycles. The van der Waals surface area contributed by atoms with Crippen LogP contribution in [0.5, 0.6) is 0 Å². The Morgan fingerprint density at radius 2 is 2.09 bits per heavy atom. The van der Waals surface area contributed by atoms with Crippen molar-refractivity contribution in [3.05, 3.63) is 35.1 Å². The van der Waals surface area contributed by atoms with E-state index in [0.717, 1.165) is 25.1 Å². The lowest BCUT2D eigenvalue weighted by atomic mass is 10.1. The SMILES string of the molecule is O=C(CSc1nnc(CC2CC(=O)NC(=O)N2)n1-c1ccc(Cl)cc1)NCC1CCCO1. The Labute approximate surface area is 193 Å². The molecule has 3 N–H and O–H groups in total. The molecule has 0 radical (unpaired) electrons. The molecule has 32 heavy (non-hydrogen) atoms. The van der Waals surface area contributed by atoms with Crippen molar-refractivity contribution in [3.8, 4) is 5.69 Å². The Bertz CT molecular complexity index is 976. The van der Waals surface area contributed by atoms with Gasteiger partial charge in [-0.1, -0.05) is 23.4 Å². The van der Waals surface area contributed by atoms with Gasteiger partial charge in [-0.25, -0.2) is 4.79 Å². The molecule has 3 heterocycles. The fourth-order valence-electron chi connectivity index (χ4n) is 3.61. The fourth-order valence-corrected chi connectivity index (χ4v) is 4.53. The van der Waals surface area contributed by atoms with Crippen molar-refractivity contribution < 1.29 is 19.1 Å². The van der Waals surface area contributed by atoms with Gasteiger partial charge in [0.15, 0.2) is 5.16 Å². The average molecular weight is 479 g/mol. The first kappa shape index (κ1) is 22.6. The van der Waals surface area contributed by atoms with Gasteiger partial charge in [0.2, 0.25) is 11.8 Å². The molecule has 4 amide bonds. The lowest BCUT2D eigenvalue weighted by Crippen LogP contribution is -2.53. The van der Waals surface area contributed by atoms with Gasteiger partial charge in [-0.3, -0.25) is 19.5 Å². The summed E-state index contributed by atoms with van der Waals surface area (Å²) in [6.45, 7) is 1.24. The van der Waals surface area contributed by atoms with Gasteiger partial charge in [0, 0.05) is 42.7 Å². The second-order valence-electron chi connectivity index (χ2n) is 7.57. The number of rotatable bonds is 8. The Morgan fingerprint density at radius 1 is 1.28 bits per heavy atom. The summed E-state index contributed by atoms with van der Waals surface area (Å²) in [4.78, 5) is 35.7. The monoisotopic (exact) mass is 478 g/mol. The summed E-state index contributed by atoms with van der Waals surface area (Å²) in [7, 11) is 0. The number of hydrogen-bond donors (Lipinski definition) is 3. The smallest absolute Gasteiger partial charge is 0.321 e. The molecule has 2 saturated heterocycles. The molecule has 1 aromatic heterocycles. The van der Waals surface area contributed by atoms with E-state index in [1.807, 2.05) is 16.7 Å². The van der Waals surface area contributed by atoms with Crippen LogP contribution < -0.4 is 16.0 Å². The predicted octanol–water partition coefficient (Wildman–Crippen LogP) is 1.45. The van der Waals surface area contributed by atoms with Gasteiger partial charge in [-0.05, 0) is 37.1 Å². The standard InChI is InChI=1S/C20H23ClN6O4S/c21-12-3-5-14(6-4-12)27-16(8-13-9-17(28)24-19(30)23-13)25-26-20(27)32-11-18(29)22-10-15-2-1-7-31-15/h3-6,13,15H,1-2,7-11H2,(H,22,29)(H2,23,24,28,30). The van der Waals surface area contributed by atoms with Crippen LogP contribution in [0.25, 0.3) is 5.69 Å². The minimum absolute atomic E-state index is 0.0798. The molecule has 0 bridgehead atoms. The number of thioether (sulfide) groups is 1. The molecule has 10 nitrogen and oxygen atoms in total. The molecule has 12 heteroatoms. The molecule has 2 fully saturated rings. The first-order valence-electron chi connectivity index (χ1n) is 10.3. The predicted molar refractivity (Wildman–Crippen MR) is 118 cm³/mol. The number of urea groups is 1. The molecule has 0 saturated carbocycles. The van der Waals surface area contributed by atoms with Gasteiger partial charge in [0.1, 0.15) is 5.82 Å². The van der Waals surface area contributed by atoms with Crippen LogP contribution in [0.4, 0.5) is 4.79 Å². The van der Waals surface area contributed by atoms with Crippen LogP contribution in [-0.4, -0.2) is 63.7 Å².